The van der Waals surface area contributed by atoms with Gasteiger partial charge in [0, 0.05) is 18.7 Å². The SMILES string of the molecule is CN(C1CC1)S(=O)(=O)c1ccc(-c2cnc(N)c(Br)n2)cc1. The van der Waals surface area contributed by atoms with E-state index in [-0.39, 0.29) is 10.9 Å². The maximum absolute atomic E-state index is 12.4. The van der Waals surface area contributed by atoms with Crippen LogP contribution in [0, 0.1) is 0 Å². The normalized spacial score (nSPS) is 15.2. The summed E-state index contributed by atoms with van der Waals surface area (Å²) in [6.07, 6.45) is 3.42. The van der Waals surface area contributed by atoms with Crippen LogP contribution in [0.25, 0.3) is 11.3 Å². The van der Waals surface area contributed by atoms with Crippen LogP contribution in [0.2, 0.25) is 0 Å². The molecule has 3 rings (SSSR count). The predicted molar refractivity (Wildman–Crippen MR) is 87.6 cm³/mol. The second-order valence-electron chi connectivity index (χ2n) is 5.21. The van der Waals surface area contributed by atoms with Gasteiger partial charge in [0.05, 0.1) is 16.8 Å². The van der Waals surface area contributed by atoms with Crippen molar-refractivity contribution in [3.05, 3.63) is 35.1 Å². The fraction of sp³-hybridized carbons (Fsp3) is 0.286. The Morgan fingerprint density at radius 1 is 1.27 bits per heavy atom. The fourth-order valence-corrected chi connectivity index (χ4v) is 3.82. The molecule has 2 aromatic rings. The van der Waals surface area contributed by atoms with Crippen LogP contribution in [0.4, 0.5) is 5.82 Å². The third-order valence-electron chi connectivity index (χ3n) is 3.64. The second kappa shape index (κ2) is 5.60. The number of hydrogen-bond acceptors (Lipinski definition) is 5. The Balaban J connectivity index is 1.90. The van der Waals surface area contributed by atoms with E-state index in [0.717, 1.165) is 18.4 Å². The highest BCUT2D eigenvalue weighted by Crippen LogP contribution is 2.31. The monoisotopic (exact) mass is 382 g/mol. The highest BCUT2D eigenvalue weighted by molar-refractivity contribution is 9.10. The summed E-state index contributed by atoms with van der Waals surface area (Å²) in [5, 5.41) is 0. The Hall–Kier alpha value is -1.51. The van der Waals surface area contributed by atoms with Gasteiger partial charge in [0.1, 0.15) is 4.60 Å². The summed E-state index contributed by atoms with van der Waals surface area (Å²) in [6.45, 7) is 0. The smallest absolute Gasteiger partial charge is 0.243 e. The molecule has 1 fully saturated rings. The molecule has 2 N–H and O–H groups in total. The molecule has 0 unspecified atom stereocenters. The summed E-state index contributed by atoms with van der Waals surface area (Å²) in [4.78, 5) is 8.59. The first-order valence-electron chi connectivity index (χ1n) is 6.76. The van der Waals surface area contributed by atoms with Crippen LogP contribution < -0.4 is 5.73 Å². The number of aromatic nitrogens is 2. The Morgan fingerprint density at radius 2 is 1.91 bits per heavy atom. The molecule has 1 saturated carbocycles. The molecule has 1 aliphatic rings. The number of halogens is 1. The van der Waals surface area contributed by atoms with Crippen LogP contribution in [-0.4, -0.2) is 35.8 Å². The number of nitrogen functional groups attached to an aromatic ring is 1. The van der Waals surface area contributed by atoms with E-state index in [1.165, 1.54) is 4.31 Å². The van der Waals surface area contributed by atoms with Crippen molar-refractivity contribution < 1.29 is 8.42 Å². The first-order valence-corrected chi connectivity index (χ1v) is 8.99. The van der Waals surface area contributed by atoms with Crippen molar-refractivity contribution in [2.24, 2.45) is 0 Å². The Morgan fingerprint density at radius 3 is 2.45 bits per heavy atom. The lowest BCUT2D eigenvalue weighted by Crippen LogP contribution is -2.28. The van der Waals surface area contributed by atoms with Crippen molar-refractivity contribution >= 4 is 31.8 Å². The van der Waals surface area contributed by atoms with Crippen molar-refractivity contribution in [2.75, 3.05) is 12.8 Å². The summed E-state index contributed by atoms with van der Waals surface area (Å²) in [5.41, 5.74) is 7.01. The van der Waals surface area contributed by atoms with E-state index in [2.05, 4.69) is 25.9 Å². The lowest BCUT2D eigenvalue weighted by molar-refractivity contribution is 0.464. The van der Waals surface area contributed by atoms with Gasteiger partial charge in [-0.05, 0) is 40.9 Å². The first kappa shape index (κ1) is 15.4. The zero-order valence-corrected chi connectivity index (χ0v) is 14.3. The van der Waals surface area contributed by atoms with E-state index < -0.39 is 10.0 Å². The van der Waals surface area contributed by atoms with Crippen molar-refractivity contribution in [1.82, 2.24) is 14.3 Å². The molecule has 0 bridgehead atoms. The number of sulfonamides is 1. The summed E-state index contributed by atoms with van der Waals surface area (Å²) in [7, 11) is -1.79. The molecule has 1 aromatic heterocycles. The van der Waals surface area contributed by atoms with Crippen molar-refractivity contribution in [1.29, 1.82) is 0 Å². The number of nitrogens with zero attached hydrogens (tertiary/aromatic N) is 3. The predicted octanol–water partition coefficient (Wildman–Crippen LogP) is 2.27. The minimum atomic E-state index is -3.42. The summed E-state index contributed by atoms with van der Waals surface area (Å²) >= 11 is 3.23. The fourth-order valence-electron chi connectivity index (χ4n) is 2.11. The summed E-state index contributed by atoms with van der Waals surface area (Å²) in [6, 6.07) is 6.77. The molecule has 0 amide bonds. The van der Waals surface area contributed by atoms with Gasteiger partial charge in [-0.25, -0.2) is 18.4 Å². The van der Waals surface area contributed by atoms with E-state index in [0.29, 0.717) is 16.1 Å². The summed E-state index contributed by atoms with van der Waals surface area (Å²) < 4.78 is 26.8. The molecular formula is C14H15BrN4O2S. The minimum Gasteiger partial charge on any atom is -0.381 e. The molecule has 0 radical (unpaired) electrons. The van der Waals surface area contributed by atoms with Gasteiger partial charge in [0.15, 0.2) is 5.82 Å². The van der Waals surface area contributed by atoms with Crippen molar-refractivity contribution in [2.45, 2.75) is 23.8 Å². The number of nitrogens with two attached hydrogens (primary N) is 1. The van der Waals surface area contributed by atoms with Crippen LogP contribution in [0.5, 0.6) is 0 Å². The first-order chi connectivity index (χ1) is 10.4. The van der Waals surface area contributed by atoms with Crippen LogP contribution in [-0.2, 0) is 10.0 Å². The molecule has 1 aromatic carbocycles. The molecule has 116 valence electrons. The van der Waals surface area contributed by atoms with E-state index >= 15 is 0 Å². The Kier molecular flexibility index (Phi) is 3.92. The van der Waals surface area contributed by atoms with Gasteiger partial charge in [0.25, 0.3) is 0 Å². The Labute approximate surface area is 137 Å². The highest BCUT2D eigenvalue weighted by Gasteiger charge is 2.34. The third kappa shape index (κ3) is 2.86. The average molecular weight is 383 g/mol. The van der Waals surface area contributed by atoms with Gasteiger partial charge in [0.2, 0.25) is 10.0 Å². The molecule has 8 heteroatoms. The number of benzene rings is 1. The summed E-state index contributed by atoms with van der Waals surface area (Å²) in [5.74, 6) is 0.314. The van der Waals surface area contributed by atoms with Crippen LogP contribution >= 0.6 is 15.9 Å². The second-order valence-corrected chi connectivity index (χ2v) is 7.96. The van der Waals surface area contributed by atoms with Gasteiger partial charge >= 0.3 is 0 Å². The number of anilines is 1. The molecule has 22 heavy (non-hydrogen) atoms. The van der Waals surface area contributed by atoms with Crippen LogP contribution in [0.3, 0.4) is 0 Å². The third-order valence-corrected chi connectivity index (χ3v) is 6.15. The zero-order valence-electron chi connectivity index (χ0n) is 11.9. The van der Waals surface area contributed by atoms with Gasteiger partial charge in [-0.15, -0.1) is 0 Å². The van der Waals surface area contributed by atoms with Gasteiger partial charge in [-0.2, -0.15) is 4.31 Å². The molecule has 0 aliphatic heterocycles. The van der Waals surface area contributed by atoms with Gasteiger partial charge < -0.3 is 5.73 Å². The van der Waals surface area contributed by atoms with Gasteiger partial charge in [-0.3, -0.25) is 0 Å². The van der Waals surface area contributed by atoms with Crippen LogP contribution in [0.1, 0.15) is 12.8 Å². The lowest BCUT2D eigenvalue weighted by Gasteiger charge is -2.16. The van der Waals surface area contributed by atoms with Gasteiger partial charge in [-0.1, -0.05) is 12.1 Å². The number of hydrogen-bond donors (Lipinski definition) is 1. The van der Waals surface area contributed by atoms with Crippen LogP contribution in [0.15, 0.2) is 40.0 Å². The van der Waals surface area contributed by atoms with E-state index in [1.807, 2.05) is 0 Å². The molecule has 0 saturated heterocycles. The Bertz CT molecular complexity index is 804. The topological polar surface area (TPSA) is 89.2 Å². The molecular weight excluding hydrogens is 368 g/mol. The van der Waals surface area contributed by atoms with E-state index in [9.17, 15) is 8.42 Å². The molecule has 6 nitrogen and oxygen atoms in total. The van der Waals surface area contributed by atoms with Crippen molar-refractivity contribution in [3.8, 4) is 11.3 Å². The van der Waals surface area contributed by atoms with E-state index in [4.69, 9.17) is 5.73 Å². The maximum Gasteiger partial charge on any atom is 0.243 e. The molecule has 0 spiro atoms. The highest BCUT2D eigenvalue weighted by atomic mass is 79.9. The molecule has 1 heterocycles. The molecule has 1 aliphatic carbocycles. The minimum absolute atomic E-state index is 0.142. The number of rotatable bonds is 4. The lowest BCUT2D eigenvalue weighted by atomic mass is 10.2. The quantitative estimate of drug-likeness (QED) is 0.875. The zero-order chi connectivity index (χ0) is 15.9. The largest absolute Gasteiger partial charge is 0.381 e. The standard InChI is InChI=1S/C14H15BrN4O2S/c1-19(10-4-5-10)22(20,21)11-6-2-9(3-7-11)12-8-17-14(16)13(15)18-12/h2-3,6-8,10H,4-5H2,1H3,(H2,16,17). The average Bonchev–Trinajstić information content (AvgIpc) is 3.34. The maximum atomic E-state index is 12.4. The van der Waals surface area contributed by atoms with E-state index in [1.54, 1.807) is 37.5 Å². The van der Waals surface area contributed by atoms with Crippen molar-refractivity contribution in [3.63, 3.8) is 0 Å². The molecule has 0 atom stereocenters.